The predicted octanol–water partition coefficient (Wildman–Crippen LogP) is 4.92. The number of benzene rings is 3. The first-order valence-electron chi connectivity index (χ1n) is 14.9. The molecular weight excluding hydrogens is 599 g/mol. The minimum Gasteiger partial charge on any atom is -0.395 e. The van der Waals surface area contributed by atoms with Crippen molar-refractivity contribution in [3.63, 3.8) is 0 Å². The van der Waals surface area contributed by atoms with Gasteiger partial charge in [-0.25, -0.2) is 4.68 Å². The van der Waals surface area contributed by atoms with Crippen molar-refractivity contribution < 1.29 is 33.0 Å². The van der Waals surface area contributed by atoms with Crippen LogP contribution in [0.15, 0.2) is 90.5 Å². The van der Waals surface area contributed by atoms with E-state index in [9.17, 15) is 33.0 Å². The number of carbonyl (C=O) groups is 2. The Balaban J connectivity index is 1.48. The maximum absolute atomic E-state index is 14.4. The van der Waals surface area contributed by atoms with Gasteiger partial charge in [0, 0.05) is 22.7 Å². The van der Waals surface area contributed by atoms with Crippen molar-refractivity contribution in [1.82, 2.24) is 15.1 Å². The zero-order chi connectivity index (χ0) is 32.6. The Bertz CT molecular complexity index is 1800. The van der Waals surface area contributed by atoms with Gasteiger partial charge in [0.2, 0.25) is 0 Å². The number of hydrogen-bond acceptors (Lipinski definition) is 6. The second-order valence-corrected chi connectivity index (χ2v) is 11.3. The van der Waals surface area contributed by atoms with Crippen molar-refractivity contribution in [3.05, 3.63) is 118 Å². The van der Waals surface area contributed by atoms with Gasteiger partial charge in [-0.3, -0.25) is 14.5 Å². The maximum Gasteiger partial charge on any atom is 0.416 e. The molecule has 0 spiro atoms. The Labute approximate surface area is 263 Å². The van der Waals surface area contributed by atoms with Crippen LogP contribution in [0.25, 0.3) is 5.69 Å². The van der Waals surface area contributed by atoms with Gasteiger partial charge < -0.3 is 20.8 Å². The fraction of sp³-hybridized carbons (Fsp3) is 0.265. The van der Waals surface area contributed by atoms with Crippen LogP contribution in [0.5, 0.6) is 0 Å². The number of halogens is 3. The SMILES string of the molecule is Cc1nn(-c2ccccc2)c2c1[C@H](c1cccc(NC(O)C3=CCC3)c1)[C@@H](NC(=O)c1cccc(C(F)(F)F)c1)C(=O)N2CCO. The monoisotopic (exact) mass is 631 g/mol. The van der Waals surface area contributed by atoms with E-state index < -0.39 is 48.3 Å². The number of rotatable bonds is 9. The molecule has 12 heteroatoms. The lowest BCUT2D eigenvalue weighted by Crippen LogP contribution is -2.56. The molecule has 4 N–H and O–H groups in total. The maximum atomic E-state index is 14.4. The summed E-state index contributed by atoms with van der Waals surface area (Å²) in [5, 5.41) is 31.2. The van der Waals surface area contributed by atoms with Gasteiger partial charge in [-0.1, -0.05) is 42.5 Å². The van der Waals surface area contributed by atoms with Crippen LogP contribution in [-0.4, -0.2) is 57.2 Å². The van der Waals surface area contributed by atoms with Crippen molar-refractivity contribution in [2.24, 2.45) is 0 Å². The minimum atomic E-state index is -4.66. The predicted molar refractivity (Wildman–Crippen MR) is 166 cm³/mol. The van der Waals surface area contributed by atoms with E-state index in [1.54, 1.807) is 35.9 Å². The summed E-state index contributed by atoms with van der Waals surface area (Å²) in [5.74, 6) is -1.85. The highest BCUT2D eigenvalue weighted by Gasteiger charge is 2.46. The Hall–Kier alpha value is -4.94. The number of nitrogens with zero attached hydrogens (tertiary/aromatic N) is 3. The number of aromatic nitrogens is 2. The highest BCUT2D eigenvalue weighted by Crippen LogP contribution is 2.44. The molecule has 2 amide bonds. The highest BCUT2D eigenvalue weighted by molar-refractivity contribution is 6.05. The number of β-amino-alcohol motifs (C(OH)–C–C–N with tert-alkyl or cyclic N) is 1. The lowest BCUT2D eigenvalue weighted by Gasteiger charge is -2.39. The third-order valence-electron chi connectivity index (χ3n) is 8.32. The van der Waals surface area contributed by atoms with Gasteiger partial charge in [0.25, 0.3) is 11.8 Å². The van der Waals surface area contributed by atoms with Crippen LogP contribution in [0.1, 0.15) is 51.5 Å². The number of para-hydroxylation sites is 1. The molecule has 3 aromatic carbocycles. The molecule has 4 aromatic rings. The highest BCUT2D eigenvalue weighted by atomic mass is 19.4. The fourth-order valence-electron chi connectivity index (χ4n) is 6.00. The first-order valence-corrected chi connectivity index (χ1v) is 14.9. The summed E-state index contributed by atoms with van der Waals surface area (Å²) in [6.45, 7) is 1.27. The van der Waals surface area contributed by atoms with Crippen molar-refractivity contribution in [3.8, 4) is 5.69 Å². The topological polar surface area (TPSA) is 120 Å². The molecule has 3 atom stereocenters. The first kappa shape index (κ1) is 31.1. The molecule has 238 valence electrons. The van der Waals surface area contributed by atoms with E-state index in [-0.39, 0.29) is 12.1 Å². The van der Waals surface area contributed by atoms with E-state index in [4.69, 9.17) is 5.10 Å². The summed E-state index contributed by atoms with van der Waals surface area (Å²) in [4.78, 5) is 29.3. The minimum absolute atomic E-state index is 0.116. The Morgan fingerprint density at radius 1 is 1.07 bits per heavy atom. The van der Waals surface area contributed by atoms with Crippen molar-refractivity contribution in [2.45, 2.75) is 44.1 Å². The summed E-state index contributed by atoms with van der Waals surface area (Å²) >= 11 is 0. The number of allylic oxidation sites excluding steroid dienone is 1. The summed E-state index contributed by atoms with van der Waals surface area (Å²) in [5.41, 5.74) is 2.61. The summed E-state index contributed by atoms with van der Waals surface area (Å²) in [6.07, 6.45) is -1.95. The molecule has 9 nitrogen and oxygen atoms in total. The molecule has 1 aliphatic carbocycles. The summed E-state index contributed by atoms with van der Waals surface area (Å²) in [6, 6.07) is 19.0. The lowest BCUT2D eigenvalue weighted by atomic mass is 9.80. The van der Waals surface area contributed by atoms with E-state index in [1.807, 2.05) is 36.4 Å². The van der Waals surface area contributed by atoms with Gasteiger partial charge in [-0.05, 0) is 73.4 Å². The average molecular weight is 632 g/mol. The molecule has 46 heavy (non-hydrogen) atoms. The van der Waals surface area contributed by atoms with Crippen LogP contribution in [0, 0.1) is 6.92 Å². The number of hydrogen-bond donors (Lipinski definition) is 4. The zero-order valence-corrected chi connectivity index (χ0v) is 24.8. The molecule has 0 fully saturated rings. The van der Waals surface area contributed by atoms with Crippen molar-refractivity contribution in [2.75, 3.05) is 23.4 Å². The molecule has 0 saturated carbocycles. The number of amides is 2. The van der Waals surface area contributed by atoms with Gasteiger partial charge >= 0.3 is 6.18 Å². The largest absolute Gasteiger partial charge is 0.416 e. The number of aliphatic hydroxyl groups excluding tert-OH is 2. The second kappa shape index (κ2) is 12.5. The van der Waals surface area contributed by atoms with Gasteiger partial charge in [0.05, 0.1) is 30.1 Å². The van der Waals surface area contributed by atoms with Gasteiger partial charge in [-0.15, -0.1) is 0 Å². The van der Waals surface area contributed by atoms with E-state index in [0.29, 0.717) is 34.0 Å². The van der Waals surface area contributed by atoms with Crippen LogP contribution >= 0.6 is 0 Å². The van der Waals surface area contributed by atoms with E-state index in [0.717, 1.165) is 36.6 Å². The molecule has 2 heterocycles. The van der Waals surface area contributed by atoms with Gasteiger partial charge in [0.15, 0.2) is 0 Å². The van der Waals surface area contributed by atoms with Crippen LogP contribution in [0.4, 0.5) is 24.7 Å². The number of nitrogens with one attached hydrogen (secondary N) is 2. The zero-order valence-electron chi connectivity index (χ0n) is 24.8. The second-order valence-electron chi connectivity index (χ2n) is 11.3. The van der Waals surface area contributed by atoms with Crippen LogP contribution in [0.2, 0.25) is 0 Å². The van der Waals surface area contributed by atoms with Crippen LogP contribution in [0.3, 0.4) is 0 Å². The fourth-order valence-corrected chi connectivity index (χ4v) is 6.00. The molecule has 0 radical (unpaired) electrons. The van der Waals surface area contributed by atoms with E-state index in [1.165, 1.54) is 11.0 Å². The molecule has 1 aromatic heterocycles. The molecule has 2 aliphatic rings. The first-order chi connectivity index (χ1) is 22.1. The smallest absolute Gasteiger partial charge is 0.395 e. The third kappa shape index (κ3) is 5.88. The quantitative estimate of drug-likeness (QED) is 0.154. The van der Waals surface area contributed by atoms with Crippen LogP contribution < -0.4 is 15.5 Å². The average Bonchev–Trinajstić information content (AvgIpc) is 3.35. The number of carbonyl (C=O) groups excluding carboxylic acids is 2. The number of aryl methyl sites for hydroxylation is 1. The normalized spacial score (nSPS) is 18.3. The van der Waals surface area contributed by atoms with Crippen molar-refractivity contribution >= 4 is 23.3 Å². The number of anilines is 2. The standard InChI is InChI=1S/C34H32F3N5O4/c1-20-27-28(22-10-7-13-25(19-22)38-30(44)21-8-5-9-21)29(39-31(45)23-11-6-12-24(18-23)34(35,36)37)33(46)41(16-17-43)32(27)42(40-20)26-14-3-2-4-15-26/h2-4,6-8,10-15,18-19,28-30,38,43-44H,5,9,16-17H2,1H3,(H,39,45)/t28-,29+,30?/m0/s1. The van der Waals surface area contributed by atoms with E-state index >= 15 is 0 Å². The summed E-state index contributed by atoms with van der Waals surface area (Å²) < 4.78 is 42.0. The van der Waals surface area contributed by atoms with E-state index in [2.05, 4.69) is 10.6 Å². The molecule has 1 aliphatic heterocycles. The molecule has 1 unspecified atom stereocenters. The Morgan fingerprint density at radius 3 is 2.48 bits per heavy atom. The third-order valence-corrected chi connectivity index (χ3v) is 8.32. The van der Waals surface area contributed by atoms with Crippen LogP contribution in [-0.2, 0) is 11.0 Å². The summed E-state index contributed by atoms with van der Waals surface area (Å²) in [7, 11) is 0. The number of aliphatic hydroxyl groups is 2. The van der Waals surface area contributed by atoms with Gasteiger partial charge in [0.1, 0.15) is 18.1 Å². The Kier molecular flexibility index (Phi) is 8.41. The number of fused-ring (bicyclic) bond motifs is 1. The molecule has 0 bridgehead atoms. The van der Waals surface area contributed by atoms with Gasteiger partial charge in [-0.2, -0.15) is 18.3 Å². The Morgan fingerprint density at radius 2 is 1.80 bits per heavy atom. The number of alkyl halides is 3. The van der Waals surface area contributed by atoms with Crippen molar-refractivity contribution in [1.29, 1.82) is 0 Å². The molecule has 6 rings (SSSR count). The molecule has 0 saturated heterocycles. The molecular formula is C34H32F3N5O4. The lowest BCUT2D eigenvalue weighted by molar-refractivity contribution is -0.137.